The molecule has 1 aliphatic rings. The van der Waals surface area contributed by atoms with Crippen molar-refractivity contribution in [3.63, 3.8) is 0 Å². The molecule has 1 fully saturated rings. The van der Waals surface area contributed by atoms with Gasteiger partial charge in [0.2, 0.25) is 5.91 Å². The first-order chi connectivity index (χ1) is 44.3. The second kappa shape index (κ2) is 69.0. The number of hydrogen-bond donors (Lipinski definition) is 6. The normalized spacial score (nSPS) is 18.3. The number of rotatable bonds is 67. The molecule has 0 aromatic rings. The summed E-state index contributed by atoms with van der Waals surface area (Å²) >= 11 is 0. The minimum absolute atomic E-state index is 0.186. The Morgan fingerprint density at radius 2 is 0.700 bits per heavy atom. The first kappa shape index (κ1) is 85.1. The third-order valence-electron chi connectivity index (χ3n) is 17.9. The zero-order valence-corrected chi connectivity index (χ0v) is 58.6. The molecular weight excluding hydrogens is 1110 g/mol. The predicted molar refractivity (Wildman–Crippen MR) is 387 cm³/mol. The zero-order chi connectivity index (χ0) is 64.9. The molecule has 9 heteroatoms. The smallest absolute Gasteiger partial charge is 0.220 e. The Bertz CT molecular complexity index is 1750. The van der Waals surface area contributed by atoms with Gasteiger partial charge in [-0.1, -0.05) is 355 Å². The standard InChI is InChI=1S/C81H145NO8/c1-3-5-7-9-11-13-15-17-19-21-23-25-27-29-31-33-34-35-36-37-38-39-40-41-42-43-45-47-49-51-53-55-57-59-61-63-65-67-69-71-77(85)82-74(73-89-81-80(88)79(87)78(86)76(72-83)90-81)75(84)70-68-66-64-62-60-58-56-54-52-50-48-46-44-32-30-28-26-24-22-20-18-16-14-12-10-8-6-4-2/h5,7,11,13,17,19,23,25,29,31,52,54,60,62,68,70,74-76,78-81,83-84,86-88H,3-4,6,8-10,12,14-16,18,20-22,24,26-28,30,32-51,53,55-59,61,63-67,69,71-73H2,1-2H3,(H,82,85)/b7-5-,13-11-,19-17-,25-23-,31-29-,54-52+,62-60+,70-68+. The molecule has 1 saturated heterocycles. The summed E-state index contributed by atoms with van der Waals surface area (Å²) in [6, 6.07) is -0.833. The number of carbonyl (C=O) groups is 1. The van der Waals surface area contributed by atoms with Crippen LogP contribution in [-0.4, -0.2) is 87.5 Å². The van der Waals surface area contributed by atoms with Crippen molar-refractivity contribution in [2.45, 2.75) is 397 Å². The molecule has 0 bridgehead atoms. The summed E-state index contributed by atoms with van der Waals surface area (Å²) in [7, 11) is 0. The molecular formula is C81H145NO8. The van der Waals surface area contributed by atoms with E-state index in [1.165, 1.54) is 257 Å². The number of nitrogens with one attached hydrogen (secondary N) is 1. The van der Waals surface area contributed by atoms with E-state index in [1.807, 2.05) is 6.08 Å². The van der Waals surface area contributed by atoms with E-state index < -0.39 is 49.5 Å². The summed E-state index contributed by atoms with van der Waals surface area (Å²) < 4.78 is 11.3. The van der Waals surface area contributed by atoms with Crippen LogP contribution in [0.1, 0.15) is 354 Å². The van der Waals surface area contributed by atoms with Crippen LogP contribution in [0.2, 0.25) is 0 Å². The Labute approximate surface area is 555 Å². The van der Waals surface area contributed by atoms with Crippen LogP contribution in [0.3, 0.4) is 0 Å². The van der Waals surface area contributed by atoms with Crippen LogP contribution in [0, 0.1) is 0 Å². The molecule has 1 heterocycles. The monoisotopic (exact) mass is 1260 g/mol. The van der Waals surface area contributed by atoms with Gasteiger partial charge in [-0.3, -0.25) is 4.79 Å². The quantitative estimate of drug-likeness (QED) is 0.0261. The first-order valence-electron chi connectivity index (χ1n) is 38.5. The molecule has 0 aliphatic carbocycles. The molecule has 0 radical (unpaired) electrons. The fourth-order valence-electron chi connectivity index (χ4n) is 11.9. The van der Waals surface area contributed by atoms with E-state index in [9.17, 15) is 30.3 Å². The number of unbranched alkanes of at least 4 members (excludes halogenated alkanes) is 43. The molecule has 1 amide bonds. The van der Waals surface area contributed by atoms with E-state index in [2.05, 4.69) is 104 Å². The third kappa shape index (κ3) is 56.6. The molecule has 7 unspecified atom stereocenters. The van der Waals surface area contributed by atoms with E-state index >= 15 is 0 Å². The van der Waals surface area contributed by atoms with Crippen molar-refractivity contribution < 1.29 is 39.8 Å². The SMILES string of the molecule is CC/C=C\C/C=C\C/C=C\C/C=C\C/C=C\CCCCCCCCCCCCCCCCCCCCCCCCCC(=O)NC(COC1OC(CO)C(O)C(O)C1O)C(O)/C=C/CC/C=C/CC/C=C/CCCCCCCCCCCCCCCCCCCC. The molecule has 1 rings (SSSR count). The third-order valence-corrected chi connectivity index (χ3v) is 17.9. The van der Waals surface area contributed by atoms with Gasteiger partial charge in [0.25, 0.3) is 0 Å². The van der Waals surface area contributed by atoms with Gasteiger partial charge in [0.15, 0.2) is 6.29 Å². The highest BCUT2D eigenvalue weighted by Crippen LogP contribution is 2.23. The van der Waals surface area contributed by atoms with Crippen molar-refractivity contribution in [2.24, 2.45) is 0 Å². The highest BCUT2D eigenvalue weighted by atomic mass is 16.7. The second-order valence-electron chi connectivity index (χ2n) is 26.4. The first-order valence-corrected chi connectivity index (χ1v) is 38.5. The summed E-state index contributed by atoms with van der Waals surface area (Å²) in [5.41, 5.74) is 0. The van der Waals surface area contributed by atoms with Gasteiger partial charge in [-0.2, -0.15) is 0 Å². The molecule has 0 saturated carbocycles. The van der Waals surface area contributed by atoms with Gasteiger partial charge in [-0.05, 0) is 89.9 Å². The van der Waals surface area contributed by atoms with Crippen molar-refractivity contribution in [1.29, 1.82) is 0 Å². The Balaban J connectivity index is 2.10. The van der Waals surface area contributed by atoms with Gasteiger partial charge in [-0.25, -0.2) is 0 Å². The fourth-order valence-corrected chi connectivity index (χ4v) is 11.9. The van der Waals surface area contributed by atoms with E-state index in [-0.39, 0.29) is 12.5 Å². The summed E-state index contributed by atoms with van der Waals surface area (Å²) in [5, 5.41) is 54.8. The number of hydrogen-bond acceptors (Lipinski definition) is 8. The summed E-state index contributed by atoms with van der Waals surface area (Å²) in [5.74, 6) is -0.186. The van der Waals surface area contributed by atoms with Crippen molar-refractivity contribution in [3.05, 3.63) is 97.2 Å². The average molecular weight is 1260 g/mol. The van der Waals surface area contributed by atoms with Crippen LogP contribution in [0.15, 0.2) is 97.2 Å². The van der Waals surface area contributed by atoms with Crippen LogP contribution in [0.25, 0.3) is 0 Å². The van der Waals surface area contributed by atoms with E-state index in [0.29, 0.717) is 6.42 Å². The molecule has 0 aromatic carbocycles. The minimum atomic E-state index is -1.58. The van der Waals surface area contributed by atoms with E-state index in [4.69, 9.17) is 9.47 Å². The van der Waals surface area contributed by atoms with Gasteiger partial charge in [0.05, 0.1) is 25.4 Å². The van der Waals surface area contributed by atoms with Crippen molar-refractivity contribution in [3.8, 4) is 0 Å². The minimum Gasteiger partial charge on any atom is -0.394 e. The lowest BCUT2D eigenvalue weighted by Gasteiger charge is -2.40. The Hall–Kier alpha value is -2.89. The Morgan fingerprint density at radius 1 is 0.389 bits per heavy atom. The molecule has 9 nitrogen and oxygen atoms in total. The lowest BCUT2D eigenvalue weighted by atomic mass is 9.99. The Morgan fingerprint density at radius 3 is 1.07 bits per heavy atom. The van der Waals surface area contributed by atoms with Gasteiger partial charge < -0.3 is 40.3 Å². The molecule has 0 aromatic heterocycles. The van der Waals surface area contributed by atoms with Gasteiger partial charge >= 0.3 is 0 Å². The van der Waals surface area contributed by atoms with E-state index in [0.717, 1.165) is 77.0 Å². The topological polar surface area (TPSA) is 149 Å². The maximum absolute atomic E-state index is 13.2. The molecule has 90 heavy (non-hydrogen) atoms. The molecule has 522 valence electrons. The highest BCUT2D eigenvalue weighted by molar-refractivity contribution is 5.76. The number of amides is 1. The van der Waals surface area contributed by atoms with E-state index in [1.54, 1.807) is 6.08 Å². The number of aliphatic hydroxyl groups excluding tert-OH is 5. The van der Waals surface area contributed by atoms with Crippen LogP contribution in [0.4, 0.5) is 0 Å². The van der Waals surface area contributed by atoms with Crippen LogP contribution >= 0.6 is 0 Å². The average Bonchev–Trinajstić information content (AvgIpc) is 2.75. The van der Waals surface area contributed by atoms with Gasteiger partial charge in [0, 0.05) is 6.42 Å². The fraction of sp³-hybridized carbons (Fsp3) is 0.790. The van der Waals surface area contributed by atoms with Crippen molar-refractivity contribution in [2.75, 3.05) is 13.2 Å². The summed E-state index contributed by atoms with van der Waals surface area (Å²) in [6.07, 6.45) is 94.0. The molecule has 7 atom stereocenters. The summed E-state index contributed by atoms with van der Waals surface area (Å²) in [4.78, 5) is 13.2. The van der Waals surface area contributed by atoms with Gasteiger partial charge in [0.1, 0.15) is 24.4 Å². The number of aliphatic hydroxyl groups is 5. The molecule has 1 aliphatic heterocycles. The highest BCUT2D eigenvalue weighted by Gasteiger charge is 2.44. The zero-order valence-electron chi connectivity index (χ0n) is 58.6. The number of carbonyl (C=O) groups excluding carboxylic acids is 1. The van der Waals surface area contributed by atoms with Gasteiger partial charge in [-0.15, -0.1) is 0 Å². The van der Waals surface area contributed by atoms with Crippen LogP contribution in [0.5, 0.6) is 0 Å². The largest absolute Gasteiger partial charge is 0.394 e. The maximum Gasteiger partial charge on any atom is 0.220 e. The summed E-state index contributed by atoms with van der Waals surface area (Å²) in [6.45, 7) is 3.68. The lowest BCUT2D eigenvalue weighted by Crippen LogP contribution is -2.60. The second-order valence-corrected chi connectivity index (χ2v) is 26.4. The molecule has 6 N–H and O–H groups in total. The molecule has 0 spiro atoms. The van der Waals surface area contributed by atoms with Crippen molar-refractivity contribution in [1.82, 2.24) is 5.32 Å². The van der Waals surface area contributed by atoms with Crippen molar-refractivity contribution >= 4 is 5.91 Å². The van der Waals surface area contributed by atoms with Crippen LogP contribution in [-0.2, 0) is 14.3 Å². The lowest BCUT2D eigenvalue weighted by molar-refractivity contribution is -0.302. The maximum atomic E-state index is 13.2. The van der Waals surface area contributed by atoms with Crippen LogP contribution < -0.4 is 5.32 Å². The number of ether oxygens (including phenoxy) is 2. The predicted octanol–water partition coefficient (Wildman–Crippen LogP) is 21.8. The Kier molecular flexibility index (Phi) is 65.2. The number of allylic oxidation sites excluding steroid dienone is 15.